The van der Waals surface area contributed by atoms with Crippen molar-refractivity contribution in [2.45, 2.75) is 55.4 Å². The van der Waals surface area contributed by atoms with Crippen molar-refractivity contribution < 1.29 is 4.52 Å². The first-order valence-electron chi connectivity index (χ1n) is 9.67. The highest BCUT2D eigenvalue weighted by atomic mass is 16.5. The second kappa shape index (κ2) is 6.22. The Morgan fingerprint density at radius 2 is 1.96 bits per heavy atom. The van der Waals surface area contributed by atoms with Crippen LogP contribution in [-0.2, 0) is 5.41 Å². The van der Waals surface area contributed by atoms with E-state index >= 15 is 0 Å². The van der Waals surface area contributed by atoms with Gasteiger partial charge in [0.25, 0.3) is 0 Å². The Bertz CT molecular complexity index is 718. The second-order valence-corrected chi connectivity index (χ2v) is 8.00. The molecule has 132 valence electrons. The predicted molar refractivity (Wildman–Crippen MR) is 95.6 cm³/mol. The minimum atomic E-state index is 0.124. The summed E-state index contributed by atoms with van der Waals surface area (Å²) in [5.41, 5.74) is 1.58. The van der Waals surface area contributed by atoms with E-state index in [4.69, 9.17) is 9.51 Å². The van der Waals surface area contributed by atoms with Gasteiger partial charge in [0.2, 0.25) is 5.89 Å². The number of nitrogens with zero attached hydrogens (tertiary/aromatic N) is 2. The standard InChI is InChI=1S/C20H26N4O/c1-2-4-14(5-3-1)16-12-17(16)22-13-20(8-9-20)19-23-18(25-24-19)15-6-10-21-11-7-15/h1-5,15-17,21-22H,6-13H2/t16-,17+/m0/s1. The zero-order valence-corrected chi connectivity index (χ0v) is 14.6. The van der Waals surface area contributed by atoms with Crippen LogP contribution in [0.2, 0.25) is 0 Å². The topological polar surface area (TPSA) is 63.0 Å². The number of aromatic nitrogens is 2. The molecular weight excluding hydrogens is 312 g/mol. The van der Waals surface area contributed by atoms with Gasteiger partial charge in [0.05, 0.1) is 0 Å². The number of piperidine rings is 1. The molecule has 1 aliphatic heterocycles. The van der Waals surface area contributed by atoms with E-state index in [0.717, 1.165) is 44.2 Å². The molecule has 5 heteroatoms. The van der Waals surface area contributed by atoms with Gasteiger partial charge in [-0.3, -0.25) is 0 Å². The van der Waals surface area contributed by atoms with Crippen molar-refractivity contribution in [3.8, 4) is 0 Å². The van der Waals surface area contributed by atoms with Crippen molar-refractivity contribution in [3.63, 3.8) is 0 Å². The first-order chi connectivity index (χ1) is 12.3. The van der Waals surface area contributed by atoms with Gasteiger partial charge in [-0.25, -0.2) is 0 Å². The molecule has 3 aliphatic rings. The van der Waals surface area contributed by atoms with Crippen LogP contribution >= 0.6 is 0 Å². The molecule has 0 spiro atoms. The Kier molecular flexibility index (Phi) is 3.86. The molecule has 2 atom stereocenters. The smallest absolute Gasteiger partial charge is 0.229 e. The van der Waals surface area contributed by atoms with Crippen LogP contribution in [0, 0.1) is 0 Å². The molecule has 3 fully saturated rings. The molecule has 0 radical (unpaired) electrons. The van der Waals surface area contributed by atoms with Crippen LogP contribution in [0.15, 0.2) is 34.9 Å². The van der Waals surface area contributed by atoms with E-state index in [0.29, 0.717) is 17.9 Å². The fraction of sp³-hybridized carbons (Fsp3) is 0.600. The highest BCUT2D eigenvalue weighted by Gasteiger charge is 2.50. The maximum atomic E-state index is 5.63. The summed E-state index contributed by atoms with van der Waals surface area (Å²) >= 11 is 0. The predicted octanol–water partition coefficient (Wildman–Crippen LogP) is 2.71. The molecule has 1 aromatic heterocycles. The molecule has 0 amide bonds. The Hall–Kier alpha value is -1.72. The van der Waals surface area contributed by atoms with Crippen LogP contribution in [0.3, 0.4) is 0 Å². The van der Waals surface area contributed by atoms with Gasteiger partial charge in [-0.05, 0) is 50.8 Å². The highest BCUT2D eigenvalue weighted by molar-refractivity contribution is 5.28. The molecule has 5 nitrogen and oxygen atoms in total. The van der Waals surface area contributed by atoms with Crippen molar-refractivity contribution in [3.05, 3.63) is 47.6 Å². The minimum absolute atomic E-state index is 0.124. The molecule has 0 bridgehead atoms. The van der Waals surface area contributed by atoms with Gasteiger partial charge in [-0.15, -0.1) is 0 Å². The lowest BCUT2D eigenvalue weighted by Crippen LogP contribution is -2.30. The van der Waals surface area contributed by atoms with E-state index < -0.39 is 0 Å². The second-order valence-electron chi connectivity index (χ2n) is 8.00. The van der Waals surface area contributed by atoms with Gasteiger partial charge in [-0.2, -0.15) is 4.98 Å². The van der Waals surface area contributed by atoms with Crippen molar-refractivity contribution in [2.75, 3.05) is 19.6 Å². The van der Waals surface area contributed by atoms with Crippen LogP contribution in [0.4, 0.5) is 0 Å². The number of hydrogen-bond acceptors (Lipinski definition) is 5. The van der Waals surface area contributed by atoms with Crippen molar-refractivity contribution in [2.24, 2.45) is 0 Å². The lowest BCUT2D eigenvalue weighted by Gasteiger charge is -2.18. The van der Waals surface area contributed by atoms with Gasteiger partial charge in [0.15, 0.2) is 5.82 Å². The Balaban J connectivity index is 1.20. The van der Waals surface area contributed by atoms with Crippen molar-refractivity contribution in [1.82, 2.24) is 20.8 Å². The van der Waals surface area contributed by atoms with E-state index in [1.165, 1.54) is 24.8 Å². The van der Waals surface area contributed by atoms with Gasteiger partial charge in [0, 0.05) is 29.8 Å². The zero-order chi connectivity index (χ0) is 16.7. The van der Waals surface area contributed by atoms with E-state index in [9.17, 15) is 0 Å². The summed E-state index contributed by atoms with van der Waals surface area (Å²) in [6.45, 7) is 3.08. The van der Waals surface area contributed by atoms with Gasteiger partial charge in [-0.1, -0.05) is 35.5 Å². The summed E-state index contributed by atoms with van der Waals surface area (Å²) in [7, 11) is 0. The molecule has 0 unspecified atom stereocenters. The lowest BCUT2D eigenvalue weighted by molar-refractivity contribution is 0.316. The monoisotopic (exact) mass is 338 g/mol. The normalized spacial score (nSPS) is 28.0. The molecule has 2 heterocycles. The zero-order valence-electron chi connectivity index (χ0n) is 14.6. The van der Waals surface area contributed by atoms with Crippen molar-refractivity contribution in [1.29, 1.82) is 0 Å². The third-order valence-electron chi connectivity index (χ3n) is 6.18. The van der Waals surface area contributed by atoms with Crippen molar-refractivity contribution >= 4 is 0 Å². The summed E-state index contributed by atoms with van der Waals surface area (Å²) in [6, 6.07) is 11.4. The summed E-state index contributed by atoms with van der Waals surface area (Å²) in [6.07, 6.45) is 5.80. The third kappa shape index (κ3) is 3.11. The van der Waals surface area contributed by atoms with Gasteiger partial charge < -0.3 is 15.2 Å². The van der Waals surface area contributed by atoms with E-state index in [2.05, 4.69) is 46.1 Å². The molecule has 2 saturated carbocycles. The Labute approximate surface area is 148 Å². The number of rotatable bonds is 6. The van der Waals surface area contributed by atoms with Gasteiger partial charge >= 0.3 is 0 Å². The highest BCUT2D eigenvalue weighted by Crippen LogP contribution is 2.48. The molecule has 25 heavy (non-hydrogen) atoms. The summed E-state index contributed by atoms with van der Waals surface area (Å²) in [4.78, 5) is 4.80. The average Bonchev–Trinajstić information content (AvgIpc) is 3.58. The molecular formula is C20H26N4O. The lowest BCUT2D eigenvalue weighted by atomic mass is 9.98. The summed E-state index contributed by atoms with van der Waals surface area (Å²) in [5, 5.41) is 11.5. The largest absolute Gasteiger partial charge is 0.339 e. The maximum Gasteiger partial charge on any atom is 0.229 e. The molecule has 2 aromatic rings. The number of nitrogens with one attached hydrogen (secondary N) is 2. The van der Waals surface area contributed by atoms with Crippen LogP contribution in [0.1, 0.15) is 61.2 Å². The first kappa shape index (κ1) is 15.5. The number of benzene rings is 1. The Morgan fingerprint density at radius 1 is 1.16 bits per heavy atom. The van der Waals surface area contributed by atoms with E-state index in [1.54, 1.807) is 0 Å². The van der Waals surface area contributed by atoms with Crippen LogP contribution in [0.25, 0.3) is 0 Å². The molecule has 5 rings (SSSR count). The SMILES string of the molecule is c1ccc([C@@H]2C[C@H]2NCC2(c3noc(C4CCNCC4)n3)CC2)cc1. The van der Waals surface area contributed by atoms with Crippen LogP contribution < -0.4 is 10.6 Å². The van der Waals surface area contributed by atoms with Gasteiger partial charge in [0.1, 0.15) is 0 Å². The van der Waals surface area contributed by atoms with E-state index in [1.807, 2.05) is 0 Å². The first-order valence-corrected chi connectivity index (χ1v) is 9.67. The molecule has 1 aromatic carbocycles. The summed E-state index contributed by atoms with van der Waals surface area (Å²) < 4.78 is 5.63. The minimum Gasteiger partial charge on any atom is -0.339 e. The maximum absolute atomic E-state index is 5.63. The fourth-order valence-corrected chi connectivity index (χ4v) is 4.13. The number of hydrogen-bond donors (Lipinski definition) is 2. The molecule has 1 saturated heterocycles. The fourth-order valence-electron chi connectivity index (χ4n) is 4.13. The molecule has 2 N–H and O–H groups in total. The quantitative estimate of drug-likeness (QED) is 0.848. The van der Waals surface area contributed by atoms with E-state index in [-0.39, 0.29) is 5.41 Å². The third-order valence-corrected chi connectivity index (χ3v) is 6.18. The molecule has 2 aliphatic carbocycles. The average molecular weight is 338 g/mol. The summed E-state index contributed by atoms with van der Waals surface area (Å²) in [5.74, 6) is 2.91. The Morgan fingerprint density at radius 3 is 2.72 bits per heavy atom. The van der Waals surface area contributed by atoms with Crippen LogP contribution in [-0.4, -0.2) is 35.8 Å². The van der Waals surface area contributed by atoms with Crippen LogP contribution in [0.5, 0.6) is 0 Å².